The van der Waals surface area contributed by atoms with Crippen molar-refractivity contribution in [2.24, 2.45) is 0 Å². The Labute approximate surface area is 80.7 Å². The van der Waals surface area contributed by atoms with Crippen LogP contribution in [0.15, 0.2) is 24.3 Å². The van der Waals surface area contributed by atoms with Crippen LogP contribution in [0.2, 0.25) is 0 Å². The maximum absolute atomic E-state index is 13.1. The highest BCUT2D eigenvalue weighted by Gasteiger charge is 2.30. The van der Waals surface area contributed by atoms with E-state index in [2.05, 4.69) is 0 Å². The second-order valence-corrected chi connectivity index (χ2v) is 2.77. The van der Waals surface area contributed by atoms with E-state index in [-0.39, 0.29) is 5.56 Å². The minimum atomic E-state index is -3.08. The lowest BCUT2D eigenvalue weighted by Crippen LogP contribution is -2.11. The molecule has 0 bridgehead atoms. The Balaban J connectivity index is 2.92. The van der Waals surface area contributed by atoms with Crippen LogP contribution in [0.25, 0.3) is 0 Å². The summed E-state index contributed by atoms with van der Waals surface area (Å²) in [4.78, 5) is 0. The molecule has 0 saturated heterocycles. The number of ether oxygens (including phenoxy) is 1. The van der Waals surface area contributed by atoms with Gasteiger partial charge in [-0.15, -0.1) is 0 Å². The van der Waals surface area contributed by atoms with Gasteiger partial charge in [0.05, 0.1) is 13.2 Å². The van der Waals surface area contributed by atoms with E-state index in [0.29, 0.717) is 5.75 Å². The van der Waals surface area contributed by atoms with Gasteiger partial charge in [0.2, 0.25) is 0 Å². The van der Waals surface area contributed by atoms with E-state index in [1.54, 1.807) is 0 Å². The number of nitrogens with zero attached hydrogens (tertiary/aromatic N) is 1. The van der Waals surface area contributed by atoms with E-state index in [4.69, 9.17) is 10.00 Å². The van der Waals surface area contributed by atoms with Crippen molar-refractivity contribution >= 4 is 0 Å². The largest absolute Gasteiger partial charge is 0.497 e. The molecule has 0 unspecified atom stereocenters. The predicted octanol–water partition coefficient (Wildman–Crippen LogP) is 2.70. The molecular formula is C10H9F2NO. The number of nitriles is 1. The van der Waals surface area contributed by atoms with Crippen molar-refractivity contribution in [3.8, 4) is 11.8 Å². The molecular weight excluding hydrogens is 188 g/mol. The quantitative estimate of drug-likeness (QED) is 0.746. The zero-order valence-corrected chi connectivity index (χ0v) is 7.63. The van der Waals surface area contributed by atoms with Crippen LogP contribution in [0.1, 0.15) is 12.0 Å². The molecule has 1 aromatic rings. The maximum atomic E-state index is 13.1. The van der Waals surface area contributed by atoms with E-state index in [0.717, 1.165) is 0 Å². The summed E-state index contributed by atoms with van der Waals surface area (Å²) in [5.41, 5.74) is -0.167. The van der Waals surface area contributed by atoms with Gasteiger partial charge in [0.15, 0.2) is 0 Å². The monoisotopic (exact) mass is 197 g/mol. The summed E-state index contributed by atoms with van der Waals surface area (Å²) in [5, 5.41) is 8.21. The van der Waals surface area contributed by atoms with Crippen molar-refractivity contribution in [3.05, 3.63) is 29.8 Å². The molecule has 2 nitrogen and oxygen atoms in total. The molecule has 1 rings (SSSR count). The summed E-state index contributed by atoms with van der Waals surface area (Å²) in [6.07, 6.45) is -0.806. The second kappa shape index (κ2) is 4.05. The predicted molar refractivity (Wildman–Crippen MR) is 47.1 cm³/mol. The lowest BCUT2D eigenvalue weighted by atomic mass is 10.1. The molecule has 0 aliphatic heterocycles. The van der Waals surface area contributed by atoms with E-state index < -0.39 is 12.3 Å². The summed E-state index contributed by atoms with van der Waals surface area (Å²) >= 11 is 0. The van der Waals surface area contributed by atoms with Crippen molar-refractivity contribution in [1.82, 2.24) is 0 Å². The van der Waals surface area contributed by atoms with Crippen molar-refractivity contribution in [3.63, 3.8) is 0 Å². The first-order chi connectivity index (χ1) is 6.60. The number of halogens is 2. The fourth-order valence-corrected chi connectivity index (χ4v) is 1.04. The second-order valence-electron chi connectivity index (χ2n) is 2.77. The number of methoxy groups -OCH3 is 1. The first-order valence-electron chi connectivity index (χ1n) is 3.99. The summed E-state index contributed by atoms with van der Waals surface area (Å²) in [6.45, 7) is 0. The highest BCUT2D eigenvalue weighted by molar-refractivity contribution is 5.30. The average Bonchev–Trinajstić information content (AvgIpc) is 2.18. The molecule has 0 N–H and O–H groups in total. The smallest absolute Gasteiger partial charge is 0.286 e. The third kappa shape index (κ3) is 2.19. The van der Waals surface area contributed by atoms with Crippen LogP contribution in [0.3, 0.4) is 0 Å². The van der Waals surface area contributed by atoms with Crippen molar-refractivity contribution < 1.29 is 13.5 Å². The fraction of sp³-hybridized carbons (Fsp3) is 0.300. The maximum Gasteiger partial charge on any atom is 0.286 e. The molecule has 0 radical (unpaired) electrons. The third-order valence-electron chi connectivity index (χ3n) is 1.81. The van der Waals surface area contributed by atoms with Gasteiger partial charge in [-0.1, -0.05) is 0 Å². The van der Waals surface area contributed by atoms with E-state index >= 15 is 0 Å². The molecule has 74 valence electrons. The van der Waals surface area contributed by atoms with Crippen LogP contribution in [-0.4, -0.2) is 7.11 Å². The third-order valence-corrected chi connectivity index (χ3v) is 1.81. The summed E-state index contributed by atoms with van der Waals surface area (Å²) in [6, 6.07) is 6.86. The Morgan fingerprint density at radius 3 is 2.36 bits per heavy atom. The average molecular weight is 197 g/mol. The van der Waals surface area contributed by atoms with Crippen molar-refractivity contribution in [2.45, 2.75) is 12.3 Å². The van der Waals surface area contributed by atoms with Gasteiger partial charge in [0, 0.05) is 5.56 Å². The number of benzene rings is 1. The topological polar surface area (TPSA) is 33.0 Å². The van der Waals surface area contributed by atoms with Gasteiger partial charge in [-0.05, 0) is 24.3 Å². The van der Waals surface area contributed by atoms with Gasteiger partial charge in [0.25, 0.3) is 5.92 Å². The van der Waals surface area contributed by atoms with Crippen molar-refractivity contribution in [2.75, 3.05) is 7.11 Å². The molecule has 4 heteroatoms. The number of hydrogen-bond donors (Lipinski definition) is 0. The minimum absolute atomic E-state index is 0.167. The minimum Gasteiger partial charge on any atom is -0.497 e. The Morgan fingerprint density at radius 1 is 1.36 bits per heavy atom. The van der Waals surface area contributed by atoms with Crippen molar-refractivity contribution in [1.29, 1.82) is 5.26 Å². The van der Waals surface area contributed by atoms with Crippen LogP contribution in [0.5, 0.6) is 5.75 Å². The molecule has 0 spiro atoms. The molecule has 0 saturated carbocycles. The van der Waals surface area contributed by atoms with Gasteiger partial charge >= 0.3 is 0 Å². The molecule has 0 atom stereocenters. The van der Waals surface area contributed by atoms with Gasteiger partial charge < -0.3 is 4.74 Å². The molecule has 0 aliphatic carbocycles. The van der Waals surface area contributed by atoms with Gasteiger partial charge in [-0.3, -0.25) is 0 Å². The summed E-state index contributed by atoms with van der Waals surface area (Å²) in [5.74, 6) is -2.57. The van der Waals surface area contributed by atoms with E-state index in [1.165, 1.54) is 37.4 Å². The van der Waals surface area contributed by atoms with Crippen LogP contribution in [0.4, 0.5) is 8.78 Å². The summed E-state index contributed by atoms with van der Waals surface area (Å²) < 4.78 is 31.1. The van der Waals surface area contributed by atoms with E-state index in [9.17, 15) is 8.78 Å². The summed E-state index contributed by atoms with van der Waals surface area (Å²) in [7, 11) is 1.46. The first-order valence-corrected chi connectivity index (χ1v) is 3.99. The zero-order valence-electron chi connectivity index (χ0n) is 7.63. The fourth-order valence-electron chi connectivity index (χ4n) is 1.04. The lowest BCUT2D eigenvalue weighted by Gasteiger charge is -2.12. The van der Waals surface area contributed by atoms with Crippen LogP contribution in [0, 0.1) is 11.3 Å². The number of hydrogen-bond acceptors (Lipinski definition) is 2. The van der Waals surface area contributed by atoms with Crippen LogP contribution in [-0.2, 0) is 5.92 Å². The Bertz CT molecular complexity index is 340. The molecule has 1 aromatic carbocycles. The van der Waals surface area contributed by atoms with Gasteiger partial charge in [0.1, 0.15) is 12.2 Å². The first kappa shape index (κ1) is 10.5. The Kier molecular flexibility index (Phi) is 3.03. The number of alkyl halides is 2. The highest BCUT2D eigenvalue weighted by Crippen LogP contribution is 2.31. The standard InChI is InChI=1S/C10H9F2NO/c1-14-9-4-2-8(3-5-9)10(11,12)6-7-13/h2-5H,6H2,1H3. The lowest BCUT2D eigenvalue weighted by molar-refractivity contribution is 0.000918. The van der Waals surface area contributed by atoms with Crippen LogP contribution >= 0.6 is 0 Å². The molecule has 0 aromatic heterocycles. The van der Waals surface area contributed by atoms with Gasteiger partial charge in [-0.25, -0.2) is 8.78 Å². The molecule has 0 fully saturated rings. The number of rotatable bonds is 3. The molecule has 14 heavy (non-hydrogen) atoms. The SMILES string of the molecule is COc1ccc(C(F)(F)CC#N)cc1. The zero-order chi connectivity index (χ0) is 10.6. The molecule has 0 heterocycles. The van der Waals surface area contributed by atoms with Gasteiger partial charge in [-0.2, -0.15) is 5.26 Å². The molecule has 0 aliphatic rings. The van der Waals surface area contributed by atoms with Crippen LogP contribution < -0.4 is 4.74 Å². The molecule has 0 amide bonds. The van der Waals surface area contributed by atoms with E-state index in [1.807, 2.05) is 0 Å². The highest BCUT2D eigenvalue weighted by atomic mass is 19.3. The Morgan fingerprint density at radius 2 is 1.93 bits per heavy atom. The Hall–Kier alpha value is -1.63. The normalized spacial score (nSPS) is 10.7.